The predicted molar refractivity (Wildman–Crippen MR) is 157 cm³/mol. The van der Waals surface area contributed by atoms with Gasteiger partial charge in [-0.05, 0) is 60.2 Å². The number of nitriles is 1. The summed E-state index contributed by atoms with van der Waals surface area (Å²) in [5, 5.41) is 15.0. The van der Waals surface area contributed by atoms with Crippen LogP contribution in [0.3, 0.4) is 0 Å². The third-order valence-corrected chi connectivity index (χ3v) is 8.31. The number of fused-ring (bicyclic) bond motifs is 1. The number of rotatable bonds is 6. The van der Waals surface area contributed by atoms with Crippen LogP contribution < -0.4 is 10.2 Å². The number of likely N-dealkylation sites (tertiary alicyclic amines) is 1. The number of carbonyl (C=O) groups excluding carboxylic acids is 2. The Morgan fingerprint density at radius 1 is 1.00 bits per heavy atom. The molecule has 1 unspecified atom stereocenters. The van der Waals surface area contributed by atoms with Gasteiger partial charge in [0.15, 0.2) is 12.2 Å². The second kappa shape index (κ2) is 11.7. The average molecular weight is 538 g/mol. The molecule has 5 rings (SSSR count). The van der Waals surface area contributed by atoms with Crippen molar-refractivity contribution in [2.45, 2.75) is 89.3 Å². The fraction of sp³-hybridized carbons (Fsp3) is 0.455. The van der Waals surface area contributed by atoms with Crippen molar-refractivity contribution >= 4 is 28.3 Å². The van der Waals surface area contributed by atoms with Gasteiger partial charge in [-0.25, -0.2) is 0 Å². The minimum atomic E-state index is -0.972. The molecule has 3 aromatic rings. The Morgan fingerprint density at radius 3 is 2.38 bits per heavy atom. The van der Waals surface area contributed by atoms with E-state index in [0.29, 0.717) is 24.3 Å². The summed E-state index contributed by atoms with van der Waals surface area (Å²) in [7, 11) is 0. The van der Waals surface area contributed by atoms with Gasteiger partial charge < -0.3 is 5.32 Å². The molecule has 2 atom stereocenters. The van der Waals surface area contributed by atoms with Gasteiger partial charge in [-0.2, -0.15) is 5.26 Å². The number of anilines is 1. The molecule has 1 N–H and O–H groups in total. The van der Waals surface area contributed by atoms with Gasteiger partial charge >= 0.3 is 0 Å². The molecule has 1 saturated carbocycles. The molecule has 1 aliphatic carbocycles. The molecule has 7 nitrogen and oxygen atoms in total. The van der Waals surface area contributed by atoms with Crippen molar-refractivity contribution < 1.29 is 9.59 Å². The first-order chi connectivity index (χ1) is 19.3. The minimum absolute atomic E-state index is 0.0614. The van der Waals surface area contributed by atoms with E-state index in [1.165, 1.54) is 6.42 Å². The Kier molecular flexibility index (Phi) is 8.07. The van der Waals surface area contributed by atoms with E-state index in [4.69, 9.17) is 4.98 Å². The smallest absolute Gasteiger partial charge is 0.251 e. The van der Waals surface area contributed by atoms with Gasteiger partial charge in [-0.15, -0.1) is 0 Å². The van der Waals surface area contributed by atoms with Gasteiger partial charge in [0, 0.05) is 29.9 Å². The summed E-state index contributed by atoms with van der Waals surface area (Å²) in [6.45, 7) is 6.98. The molecule has 0 spiro atoms. The van der Waals surface area contributed by atoms with Crippen molar-refractivity contribution in [1.82, 2.24) is 15.2 Å². The van der Waals surface area contributed by atoms with Crippen molar-refractivity contribution in [2.75, 3.05) is 11.4 Å². The zero-order valence-electron chi connectivity index (χ0n) is 23.8. The van der Waals surface area contributed by atoms with Crippen molar-refractivity contribution in [3.63, 3.8) is 0 Å². The summed E-state index contributed by atoms with van der Waals surface area (Å²) in [6.07, 6.45) is 10.5. The Bertz CT molecular complexity index is 1400. The number of aromatic nitrogens is 1. The maximum Gasteiger partial charge on any atom is 0.251 e. The number of carbonyl (C=O) groups is 2. The van der Waals surface area contributed by atoms with Crippen LogP contribution in [-0.4, -0.2) is 40.3 Å². The molecule has 1 aliphatic heterocycles. The van der Waals surface area contributed by atoms with E-state index >= 15 is 0 Å². The Balaban J connectivity index is 1.63. The topological polar surface area (TPSA) is 89.3 Å². The summed E-state index contributed by atoms with van der Waals surface area (Å²) in [6, 6.07) is 16.2. The molecule has 2 aromatic carbocycles. The SMILES string of the molecule is CC(C)(C)c1ccc(N(C(=O)[C@H]2CCCN2C#N)C(C(=O)NC2CCCCC2)c2cc3ccccc3cn2)cc1. The number of pyridine rings is 1. The fourth-order valence-electron chi connectivity index (χ4n) is 5.99. The molecule has 2 heterocycles. The highest BCUT2D eigenvalue weighted by molar-refractivity contribution is 6.04. The normalized spacial score (nSPS) is 18.8. The third-order valence-electron chi connectivity index (χ3n) is 8.31. The van der Waals surface area contributed by atoms with Crippen LogP contribution in [-0.2, 0) is 15.0 Å². The van der Waals surface area contributed by atoms with E-state index in [-0.39, 0.29) is 23.3 Å². The van der Waals surface area contributed by atoms with Crippen LogP contribution in [0.4, 0.5) is 5.69 Å². The van der Waals surface area contributed by atoms with Crippen LogP contribution in [0.5, 0.6) is 0 Å². The molecular weight excluding hydrogens is 498 g/mol. The van der Waals surface area contributed by atoms with Gasteiger partial charge in [0.1, 0.15) is 6.04 Å². The van der Waals surface area contributed by atoms with Gasteiger partial charge in [-0.3, -0.25) is 24.4 Å². The molecule has 2 amide bonds. The molecule has 1 saturated heterocycles. The molecule has 40 heavy (non-hydrogen) atoms. The first-order valence-corrected chi connectivity index (χ1v) is 14.5. The van der Waals surface area contributed by atoms with E-state index in [1.54, 1.807) is 16.0 Å². The van der Waals surface area contributed by atoms with E-state index in [9.17, 15) is 14.9 Å². The van der Waals surface area contributed by atoms with Crippen LogP contribution in [0.2, 0.25) is 0 Å². The van der Waals surface area contributed by atoms with Gasteiger partial charge in [0.2, 0.25) is 5.91 Å². The largest absolute Gasteiger partial charge is 0.351 e. The van der Waals surface area contributed by atoms with Crippen LogP contribution in [0, 0.1) is 11.5 Å². The zero-order valence-corrected chi connectivity index (χ0v) is 23.8. The highest BCUT2D eigenvalue weighted by Crippen LogP contribution is 2.34. The maximum atomic E-state index is 14.4. The summed E-state index contributed by atoms with van der Waals surface area (Å²) < 4.78 is 0. The lowest BCUT2D eigenvalue weighted by Gasteiger charge is -2.35. The van der Waals surface area contributed by atoms with Gasteiger partial charge in [0.25, 0.3) is 5.91 Å². The van der Waals surface area contributed by atoms with Gasteiger partial charge in [-0.1, -0.05) is 76.4 Å². The Morgan fingerprint density at radius 2 is 1.70 bits per heavy atom. The number of hydrogen-bond donors (Lipinski definition) is 1. The number of hydrogen-bond acceptors (Lipinski definition) is 5. The van der Waals surface area contributed by atoms with E-state index < -0.39 is 12.1 Å². The van der Waals surface area contributed by atoms with Gasteiger partial charge in [0.05, 0.1) is 5.69 Å². The number of amides is 2. The summed E-state index contributed by atoms with van der Waals surface area (Å²) in [5.74, 6) is -0.481. The zero-order chi connectivity index (χ0) is 28.3. The van der Waals surface area contributed by atoms with Crippen LogP contribution >= 0.6 is 0 Å². The second-order valence-corrected chi connectivity index (χ2v) is 12.2. The number of benzene rings is 2. The standard InChI is InChI=1S/C33H39N5O2/c1-33(2,3)25-15-17-27(18-16-25)38(32(40)29-14-9-19-37(29)22-34)30(31(39)36-26-12-5-4-6-13-26)28-20-23-10-7-8-11-24(23)21-35-28/h7-8,10-11,15-18,20-21,26,29-30H,4-6,9,12-14,19H2,1-3H3,(H,36,39)/t29-,30?/m1/s1. The van der Waals surface area contributed by atoms with Crippen LogP contribution in [0.1, 0.15) is 83.0 Å². The van der Waals surface area contributed by atoms with E-state index in [0.717, 1.165) is 48.4 Å². The quantitative estimate of drug-likeness (QED) is 0.390. The first-order valence-electron chi connectivity index (χ1n) is 14.5. The highest BCUT2D eigenvalue weighted by Gasteiger charge is 2.41. The molecular formula is C33H39N5O2. The molecule has 0 bridgehead atoms. The minimum Gasteiger partial charge on any atom is -0.351 e. The monoisotopic (exact) mass is 537 g/mol. The predicted octanol–water partition coefficient (Wildman–Crippen LogP) is 6.00. The molecule has 1 aromatic heterocycles. The lowest BCUT2D eigenvalue weighted by atomic mass is 9.87. The summed E-state index contributed by atoms with van der Waals surface area (Å²) >= 11 is 0. The molecule has 2 fully saturated rings. The van der Waals surface area contributed by atoms with E-state index in [1.807, 2.05) is 54.6 Å². The maximum absolute atomic E-state index is 14.4. The average Bonchev–Trinajstić information content (AvgIpc) is 3.44. The molecule has 208 valence electrons. The van der Waals surface area contributed by atoms with Crippen LogP contribution in [0.25, 0.3) is 10.8 Å². The fourth-order valence-corrected chi connectivity index (χ4v) is 5.99. The Labute approximate surface area is 237 Å². The Hall–Kier alpha value is -3.92. The molecule has 2 aliphatic rings. The lowest BCUT2D eigenvalue weighted by molar-refractivity contribution is -0.128. The summed E-state index contributed by atoms with van der Waals surface area (Å²) in [4.78, 5) is 36.5. The number of nitrogens with one attached hydrogen (secondary N) is 1. The highest BCUT2D eigenvalue weighted by atomic mass is 16.2. The molecule has 0 radical (unpaired) electrons. The van der Waals surface area contributed by atoms with Crippen molar-refractivity contribution in [1.29, 1.82) is 5.26 Å². The van der Waals surface area contributed by atoms with Crippen molar-refractivity contribution in [2.24, 2.45) is 0 Å². The molecule has 7 heteroatoms. The van der Waals surface area contributed by atoms with Crippen LogP contribution in [0.15, 0.2) is 60.8 Å². The lowest BCUT2D eigenvalue weighted by Crippen LogP contribution is -2.52. The summed E-state index contributed by atoms with van der Waals surface area (Å²) in [5.41, 5.74) is 2.21. The first kappa shape index (κ1) is 27.6. The van der Waals surface area contributed by atoms with Crippen molar-refractivity contribution in [3.8, 4) is 6.19 Å². The second-order valence-electron chi connectivity index (χ2n) is 12.2. The number of nitrogens with zero attached hydrogens (tertiary/aromatic N) is 4. The van der Waals surface area contributed by atoms with E-state index in [2.05, 4.69) is 32.3 Å². The van der Waals surface area contributed by atoms with Crippen molar-refractivity contribution in [3.05, 3.63) is 72.1 Å². The third kappa shape index (κ3) is 5.82.